The van der Waals surface area contributed by atoms with Gasteiger partial charge in [0.1, 0.15) is 30.1 Å². The van der Waals surface area contributed by atoms with Crippen LogP contribution in [0.1, 0.15) is 5.56 Å². The van der Waals surface area contributed by atoms with Gasteiger partial charge in [0.2, 0.25) is 16.0 Å². The van der Waals surface area contributed by atoms with E-state index in [-0.39, 0.29) is 27.8 Å². The van der Waals surface area contributed by atoms with Crippen LogP contribution in [0, 0.1) is 17.1 Å². The summed E-state index contributed by atoms with van der Waals surface area (Å²) in [5.74, 6) is -0.355. The molecule has 33 heavy (non-hydrogen) atoms. The highest BCUT2D eigenvalue weighted by Gasteiger charge is 2.24. The molecular formula is C21H15F3N6O2S. The number of nitriles is 1. The van der Waals surface area contributed by atoms with Crippen molar-refractivity contribution in [3.63, 3.8) is 0 Å². The molecule has 0 radical (unpaired) electrons. The molecule has 1 N–H and O–H groups in total. The number of nitrogens with one attached hydrogen (secondary N) is 1. The van der Waals surface area contributed by atoms with Crippen LogP contribution in [-0.2, 0) is 10.0 Å². The maximum absolute atomic E-state index is 14.0. The molecule has 0 bridgehead atoms. The van der Waals surface area contributed by atoms with Crippen LogP contribution in [0.5, 0.6) is 0 Å². The summed E-state index contributed by atoms with van der Waals surface area (Å²) in [4.78, 5) is 12.3. The summed E-state index contributed by atoms with van der Waals surface area (Å²) in [6, 6.07) is 8.57. The van der Waals surface area contributed by atoms with Gasteiger partial charge >= 0.3 is 0 Å². The summed E-state index contributed by atoms with van der Waals surface area (Å²) in [5, 5.41) is 10.1. The number of benzene rings is 1. The molecule has 0 saturated heterocycles. The Labute approximate surface area is 186 Å². The number of hydrogen-bond acceptors (Lipinski definition) is 6. The zero-order valence-corrected chi connectivity index (χ0v) is 17.6. The fraction of sp³-hybridized carbons (Fsp3) is 0.143. The molecule has 8 nitrogen and oxygen atoms in total. The first-order chi connectivity index (χ1) is 15.9. The Hall–Kier alpha value is -3.82. The fourth-order valence-corrected chi connectivity index (χ4v) is 4.44. The summed E-state index contributed by atoms with van der Waals surface area (Å²) < 4.78 is 67.7. The number of rotatable bonds is 7. The Balaban J connectivity index is 1.89. The van der Waals surface area contributed by atoms with Gasteiger partial charge in [0, 0.05) is 24.0 Å². The summed E-state index contributed by atoms with van der Waals surface area (Å²) in [6.07, 6.45) is 3.99. The molecular weight excluding hydrogens is 457 g/mol. The van der Waals surface area contributed by atoms with Crippen LogP contribution in [0.25, 0.3) is 28.2 Å². The third kappa shape index (κ3) is 4.15. The average Bonchev–Trinajstić information content (AvgIpc) is 3.16. The minimum atomic E-state index is -4.23. The largest absolute Gasteiger partial charge is 0.275 e. The first kappa shape index (κ1) is 22.4. The second kappa shape index (κ2) is 8.97. The van der Waals surface area contributed by atoms with Crippen molar-refractivity contribution in [2.24, 2.45) is 0 Å². The molecule has 0 amide bonds. The van der Waals surface area contributed by atoms with Crippen molar-refractivity contribution in [2.45, 2.75) is 10.9 Å². The Kier molecular flexibility index (Phi) is 6.08. The fourth-order valence-electron chi connectivity index (χ4n) is 3.30. The number of sulfonamides is 1. The lowest BCUT2D eigenvalue weighted by Gasteiger charge is -2.13. The van der Waals surface area contributed by atoms with Crippen molar-refractivity contribution < 1.29 is 21.6 Å². The Morgan fingerprint density at radius 2 is 1.82 bits per heavy atom. The number of aromatic nitrogens is 4. The molecule has 0 spiro atoms. The second-order valence-electron chi connectivity index (χ2n) is 6.89. The van der Waals surface area contributed by atoms with E-state index >= 15 is 0 Å². The SMILES string of the molecule is N#Cc1c(-c2ccc(S(=O)(=O)NC(CF)CF)cn2)n(-c2ncccn2)c2ccc(F)cc12. The van der Waals surface area contributed by atoms with Crippen molar-refractivity contribution in [1.29, 1.82) is 5.26 Å². The molecule has 0 saturated carbocycles. The van der Waals surface area contributed by atoms with Crippen molar-refractivity contribution in [2.75, 3.05) is 13.3 Å². The van der Waals surface area contributed by atoms with E-state index in [9.17, 15) is 26.9 Å². The molecule has 0 unspecified atom stereocenters. The summed E-state index contributed by atoms with van der Waals surface area (Å²) >= 11 is 0. The Morgan fingerprint density at radius 3 is 2.42 bits per heavy atom. The Bertz CT molecular complexity index is 1450. The van der Waals surface area contributed by atoms with E-state index in [4.69, 9.17) is 0 Å². The molecule has 0 aliphatic carbocycles. The Morgan fingerprint density at radius 1 is 1.09 bits per heavy atom. The predicted octanol–water partition coefficient (Wildman–Crippen LogP) is 3.08. The molecule has 168 valence electrons. The summed E-state index contributed by atoms with van der Waals surface area (Å²) in [5.41, 5.74) is 0.949. The first-order valence-electron chi connectivity index (χ1n) is 9.51. The summed E-state index contributed by atoms with van der Waals surface area (Å²) in [7, 11) is -4.23. The van der Waals surface area contributed by atoms with Crippen molar-refractivity contribution in [3.8, 4) is 23.4 Å². The topological polar surface area (TPSA) is 114 Å². The standard InChI is InChI=1S/C21H15F3N6O2S/c22-9-14(10-23)29-33(31,32)15-3-4-18(28-12-15)20-17(11-25)16-8-13(24)2-5-19(16)30(20)21-26-6-1-7-27-21/h1-8,12,14,29H,9-10H2. The first-order valence-corrected chi connectivity index (χ1v) is 11.0. The lowest BCUT2D eigenvalue weighted by Crippen LogP contribution is -2.37. The van der Waals surface area contributed by atoms with Crippen LogP contribution in [-0.4, -0.2) is 47.3 Å². The van der Waals surface area contributed by atoms with Crippen molar-refractivity contribution in [1.82, 2.24) is 24.2 Å². The highest BCUT2D eigenvalue weighted by Crippen LogP contribution is 2.35. The van der Waals surface area contributed by atoms with E-state index in [1.54, 1.807) is 6.07 Å². The molecule has 0 fully saturated rings. The van der Waals surface area contributed by atoms with Gasteiger partial charge in [-0.15, -0.1) is 0 Å². The summed E-state index contributed by atoms with van der Waals surface area (Å²) in [6.45, 7) is -2.42. The number of hydrogen-bond donors (Lipinski definition) is 1. The molecule has 3 heterocycles. The molecule has 12 heteroatoms. The van der Waals surface area contributed by atoms with E-state index in [0.717, 1.165) is 6.20 Å². The number of pyridine rings is 1. The van der Waals surface area contributed by atoms with Crippen LogP contribution < -0.4 is 4.72 Å². The maximum Gasteiger partial charge on any atom is 0.242 e. The van der Waals surface area contributed by atoms with E-state index < -0.39 is 35.2 Å². The molecule has 4 rings (SSSR count). The molecule has 0 aliphatic heterocycles. The molecule has 4 aromatic rings. The van der Waals surface area contributed by atoms with Gasteiger partial charge in [-0.05, 0) is 36.4 Å². The van der Waals surface area contributed by atoms with Crippen molar-refractivity contribution >= 4 is 20.9 Å². The minimum absolute atomic E-state index is 0.0908. The number of fused-ring (bicyclic) bond motifs is 1. The number of halogens is 3. The van der Waals surface area contributed by atoms with E-state index in [1.165, 1.54) is 47.3 Å². The minimum Gasteiger partial charge on any atom is -0.275 e. The van der Waals surface area contributed by atoms with Crippen LogP contribution in [0.15, 0.2) is 59.9 Å². The predicted molar refractivity (Wildman–Crippen MR) is 113 cm³/mol. The van der Waals surface area contributed by atoms with Gasteiger partial charge in [-0.25, -0.2) is 36.3 Å². The van der Waals surface area contributed by atoms with E-state index in [0.29, 0.717) is 10.9 Å². The van der Waals surface area contributed by atoms with Gasteiger partial charge in [-0.2, -0.15) is 5.26 Å². The van der Waals surface area contributed by atoms with Gasteiger partial charge in [0.25, 0.3) is 0 Å². The molecule has 0 atom stereocenters. The van der Waals surface area contributed by atoms with E-state index in [1.807, 2.05) is 10.8 Å². The van der Waals surface area contributed by atoms with Crippen LogP contribution >= 0.6 is 0 Å². The van der Waals surface area contributed by atoms with Crippen LogP contribution in [0.2, 0.25) is 0 Å². The average molecular weight is 472 g/mol. The smallest absolute Gasteiger partial charge is 0.242 e. The number of alkyl halides is 2. The van der Waals surface area contributed by atoms with Gasteiger partial charge in [0.15, 0.2) is 0 Å². The van der Waals surface area contributed by atoms with Crippen LogP contribution in [0.4, 0.5) is 13.2 Å². The van der Waals surface area contributed by atoms with Gasteiger partial charge < -0.3 is 0 Å². The molecule has 3 aromatic heterocycles. The van der Waals surface area contributed by atoms with E-state index in [2.05, 4.69) is 15.0 Å². The van der Waals surface area contributed by atoms with Gasteiger partial charge in [-0.1, -0.05) is 0 Å². The lowest BCUT2D eigenvalue weighted by molar-refractivity contribution is 0.334. The number of nitrogens with zero attached hydrogens (tertiary/aromatic N) is 5. The lowest BCUT2D eigenvalue weighted by atomic mass is 10.1. The molecule has 0 aliphatic rings. The van der Waals surface area contributed by atoms with Crippen LogP contribution in [0.3, 0.4) is 0 Å². The van der Waals surface area contributed by atoms with Gasteiger partial charge in [0.05, 0.1) is 28.5 Å². The highest BCUT2D eigenvalue weighted by molar-refractivity contribution is 7.89. The third-order valence-electron chi connectivity index (χ3n) is 4.78. The monoisotopic (exact) mass is 472 g/mol. The van der Waals surface area contributed by atoms with Gasteiger partial charge in [-0.3, -0.25) is 9.55 Å². The zero-order chi connectivity index (χ0) is 23.6. The van der Waals surface area contributed by atoms with Crippen molar-refractivity contribution in [3.05, 3.63) is 66.4 Å². The maximum atomic E-state index is 14.0. The second-order valence-corrected chi connectivity index (χ2v) is 8.60. The zero-order valence-electron chi connectivity index (χ0n) is 16.8. The normalized spacial score (nSPS) is 11.7. The highest BCUT2D eigenvalue weighted by atomic mass is 32.2. The molecule has 1 aromatic carbocycles. The third-order valence-corrected chi connectivity index (χ3v) is 6.28. The quantitative estimate of drug-likeness (QED) is 0.442.